The van der Waals surface area contributed by atoms with Gasteiger partial charge in [-0.1, -0.05) is 25.1 Å². The first-order valence-electron chi connectivity index (χ1n) is 10.8. The van der Waals surface area contributed by atoms with Crippen molar-refractivity contribution in [3.63, 3.8) is 0 Å². The minimum absolute atomic E-state index is 0.199. The third-order valence-electron chi connectivity index (χ3n) is 5.20. The standard InChI is InChI=1S/C24H23N7OS2/c1-2-26-12-15-6-5-9-21-27-13-19(31(15)21)18-14-33-24(29-18)30-22-11-10-20(34-22)23(32)28-17-8-4-3-7-16(17)25/h3-11,13-14,26H,2,12,25H2,1H3,(H,28,32)(H,29,30). The van der Waals surface area contributed by atoms with Gasteiger partial charge >= 0.3 is 0 Å². The molecule has 0 radical (unpaired) electrons. The number of nitrogen functional groups attached to an aromatic ring is 1. The number of imidazole rings is 1. The molecular weight excluding hydrogens is 466 g/mol. The lowest BCUT2D eigenvalue weighted by molar-refractivity contribution is 0.103. The second-order valence-corrected chi connectivity index (χ2v) is 9.44. The van der Waals surface area contributed by atoms with Crippen LogP contribution < -0.4 is 21.7 Å². The highest BCUT2D eigenvalue weighted by atomic mass is 32.1. The molecule has 0 spiro atoms. The maximum atomic E-state index is 12.6. The molecule has 0 aliphatic carbocycles. The highest BCUT2D eigenvalue weighted by Crippen LogP contribution is 2.31. The van der Waals surface area contributed by atoms with Crippen LogP contribution in [0.5, 0.6) is 0 Å². The number of rotatable bonds is 8. The number of fused-ring (bicyclic) bond motifs is 1. The van der Waals surface area contributed by atoms with Crippen molar-refractivity contribution in [2.24, 2.45) is 0 Å². The number of thiophene rings is 1. The number of carbonyl (C=O) groups excluding carboxylic acids is 1. The Morgan fingerprint density at radius 2 is 2.00 bits per heavy atom. The van der Waals surface area contributed by atoms with Crippen LogP contribution in [0, 0.1) is 0 Å². The highest BCUT2D eigenvalue weighted by Gasteiger charge is 2.15. The Morgan fingerprint density at radius 1 is 1.12 bits per heavy atom. The number of para-hydroxylation sites is 2. The van der Waals surface area contributed by atoms with Gasteiger partial charge in [0.15, 0.2) is 5.13 Å². The van der Waals surface area contributed by atoms with Gasteiger partial charge in [0, 0.05) is 17.6 Å². The van der Waals surface area contributed by atoms with Crippen LogP contribution in [-0.4, -0.2) is 26.8 Å². The second-order valence-electron chi connectivity index (χ2n) is 7.50. The number of thiazole rings is 1. The Morgan fingerprint density at radius 3 is 2.85 bits per heavy atom. The van der Waals surface area contributed by atoms with Crippen molar-refractivity contribution in [2.75, 3.05) is 22.9 Å². The maximum Gasteiger partial charge on any atom is 0.265 e. The molecule has 0 atom stereocenters. The van der Waals surface area contributed by atoms with Crippen molar-refractivity contribution >= 4 is 55.7 Å². The highest BCUT2D eigenvalue weighted by molar-refractivity contribution is 7.19. The molecule has 0 saturated heterocycles. The summed E-state index contributed by atoms with van der Waals surface area (Å²) in [5, 5.41) is 13.1. The van der Waals surface area contributed by atoms with Crippen molar-refractivity contribution in [3.05, 3.63) is 76.7 Å². The molecule has 1 amide bonds. The molecule has 5 rings (SSSR count). The van der Waals surface area contributed by atoms with Gasteiger partial charge in [0.25, 0.3) is 5.91 Å². The summed E-state index contributed by atoms with van der Waals surface area (Å²) in [5.41, 5.74) is 10.9. The van der Waals surface area contributed by atoms with Crippen LogP contribution >= 0.6 is 22.7 Å². The van der Waals surface area contributed by atoms with E-state index in [4.69, 9.17) is 10.7 Å². The molecule has 0 aliphatic heterocycles. The molecule has 4 aromatic heterocycles. The molecule has 0 unspecified atom stereocenters. The molecule has 10 heteroatoms. The van der Waals surface area contributed by atoms with E-state index in [2.05, 4.69) is 38.3 Å². The number of benzene rings is 1. The molecule has 5 N–H and O–H groups in total. The van der Waals surface area contributed by atoms with Crippen LogP contribution in [0.2, 0.25) is 0 Å². The summed E-state index contributed by atoms with van der Waals surface area (Å²) in [4.78, 5) is 22.5. The first kappa shape index (κ1) is 22.1. The summed E-state index contributed by atoms with van der Waals surface area (Å²) >= 11 is 2.87. The fourth-order valence-corrected chi connectivity index (χ4v) is 5.13. The smallest absolute Gasteiger partial charge is 0.265 e. The van der Waals surface area contributed by atoms with Gasteiger partial charge in [-0.25, -0.2) is 9.97 Å². The van der Waals surface area contributed by atoms with Gasteiger partial charge in [-0.3, -0.25) is 9.20 Å². The van der Waals surface area contributed by atoms with Gasteiger partial charge in [-0.05, 0) is 42.9 Å². The van der Waals surface area contributed by atoms with Crippen molar-refractivity contribution in [1.82, 2.24) is 19.7 Å². The largest absolute Gasteiger partial charge is 0.397 e. The minimum atomic E-state index is -0.199. The molecule has 0 aliphatic rings. The van der Waals surface area contributed by atoms with Gasteiger partial charge in [-0.2, -0.15) is 0 Å². The summed E-state index contributed by atoms with van der Waals surface area (Å²) in [7, 11) is 0. The SMILES string of the molecule is CCNCc1cccc2ncc(-c3csc(Nc4ccc(C(=O)Nc5ccccc5N)s4)n3)n12. The number of nitrogens with one attached hydrogen (secondary N) is 3. The number of hydrogen-bond donors (Lipinski definition) is 4. The summed E-state index contributed by atoms with van der Waals surface area (Å²) < 4.78 is 2.13. The molecule has 5 aromatic rings. The van der Waals surface area contributed by atoms with E-state index >= 15 is 0 Å². The van der Waals surface area contributed by atoms with E-state index in [1.807, 2.05) is 41.9 Å². The van der Waals surface area contributed by atoms with E-state index in [9.17, 15) is 4.79 Å². The van der Waals surface area contributed by atoms with Crippen molar-refractivity contribution < 1.29 is 4.79 Å². The second kappa shape index (κ2) is 9.64. The van der Waals surface area contributed by atoms with Crippen LogP contribution in [0.15, 0.2) is 66.2 Å². The zero-order chi connectivity index (χ0) is 23.5. The van der Waals surface area contributed by atoms with Crippen LogP contribution in [0.4, 0.5) is 21.5 Å². The molecule has 0 fully saturated rings. The van der Waals surface area contributed by atoms with Crippen LogP contribution in [0.3, 0.4) is 0 Å². The summed E-state index contributed by atoms with van der Waals surface area (Å²) in [5.74, 6) is -0.199. The van der Waals surface area contributed by atoms with Gasteiger partial charge in [0.05, 0.1) is 33.1 Å². The lowest BCUT2D eigenvalue weighted by atomic mass is 10.2. The Balaban J connectivity index is 1.33. The van der Waals surface area contributed by atoms with E-state index in [0.29, 0.717) is 16.3 Å². The lowest BCUT2D eigenvalue weighted by Crippen LogP contribution is -2.14. The molecule has 4 heterocycles. The molecule has 0 bridgehead atoms. The van der Waals surface area contributed by atoms with Crippen molar-refractivity contribution in [2.45, 2.75) is 13.5 Å². The average molecular weight is 490 g/mol. The Bertz CT molecular complexity index is 1450. The predicted octanol–water partition coefficient (Wildman–Crippen LogP) is 5.21. The Labute approximate surface area is 204 Å². The minimum Gasteiger partial charge on any atom is -0.397 e. The average Bonchev–Trinajstić information content (AvgIpc) is 3.59. The summed E-state index contributed by atoms with van der Waals surface area (Å²) in [6.07, 6.45) is 1.85. The van der Waals surface area contributed by atoms with Crippen LogP contribution in [0.25, 0.3) is 17.0 Å². The van der Waals surface area contributed by atoms with E-state index in [-0.39, 0.29) is 5.91 Å². The predicted molar refractivity (Wildman–Crippen MR) is 140 cm³/mol. The maximum absolute atomic E-state index is 12.6. The van der Waals surface area contributed by atoms with Crippen LogP contribution in [-0.2, 0) is 6.54 Å². The summed E-state index contributed by atoms with van der Waals surface area (Å²) in [6.45, 7) is 3.73. The monoisotopic (exact) mass is 489 g/mol. The van der Waals surface area contributed by atoms with E-state index in [1.54, 1.807) is 18.2 Å². The molecular formula is C24H23N7OS2. The molecule has 8 nitrogen and oxygen atoms in total. The number of pyridine rings is 1. The van der Waals surface area contributed by atoms with Gasteiger partial charge in [-0.15, -0.1) is 22.7 Å². The number of nitrogens with zero attached hydrogens (tertiary/aromatic N) is 3. The van der Waals surface area contributed by atoms with E-state index in [0.717, 1.165) is 46.0 Å². The lowest BCUT2D eigenvalue weighted by Gasteiger charge is -2.08. The quantitative estimate of drug-likeness (QED) is 0.223. The van der Waals surface area contributed by atoms with E-state index in [1.165, 1.54) is 22.7 Å². The Kier molecular flexibility index (Phi) is 6.26. The van der Waals surface area contributed by atoms with Crippen LogP contribution in [0.1, 0.15) is 22.3 Å². The Hall–Kier alpha value is -3.73. The van der Waals surface area contributed by atoms with Gasteiger partial charge in [0.1, 0.15) is 11.3 Å². The van der Waals surface area contributed by atoms with Gasteiger partial charge in [0.2, 0.25) is 0 Å². The molecule has 1 aromatic carbocycles. The fourth-order valence-electron chi connectivity index (χ4n) is 3.55. The zero-order valence-corrected chi connectivity index (χ0v) is 20.0. The zero-order valence-electron chi connectivity index (χ0n) is 18.4. The molecule has 172 valence electrons. The first-order valence-corrected chi connectivity index (χ1v) is 12.5. The number of anilines is 4. The van der Waals surface area contributed by atoms with Crippen molar-refractivity contribution in [1.29, 1.82) is 0 Å². The topological polar surface area (TPSA) is 109 Å². The summed E-state index contributed by atoms with van der Waals surface area (Å²) in [6, 6.07) is 17.0. The third kappa shape index (κ3) is 4.51. The molecule has 34 heavy (non-hydrogen) atoms. The number of aromatic nitrogens is 3. The number of hydrogen-bond acceptors (Lipinski definition) is 8. The number of nitrogens with two attached hydrogens (primary N) is 1. The molecule has 0 saturated carbocycles. The fraction of sp³-hybridized carbons (Fsp3) is 0.125. The van der Waals surface area contributed by atoms with Gasteiger partial charge < -0.3 is 21.7 Å². The third-order valence-corrected chi connectivity index (χ3v) is 6.96. The normalized spacial score (nSPS) is 11.1. The van der Waals surface area contributed by atoms with Crippen molar-refractivity contribution in [3.8, 4) is 11.4 Å². The van der Waals surface area contributed by atoms with E-state index < -0.39 is 0 Å². The number of carbonyl (C=O) groups is 1. The first-order chi connectivity index (χ1) is 16.6. The number of amides is 1.